The van der Waals surface area contributed by atoms with E-state index < -0.39 is 11.9 Å². The van der Waals surface area contributed by atoms with Gasteiger partial charge in [-0.05, 0) is 0 Å². The Balaban J connectivity index is 2.06. The summed E-state index contributed by atoms with van der Waals surface area (Å²) in [5.41, 5.74) is 0.904. The third kappa shape index (κ3) is 3.71. The van der Waals surface area contributed by atoms with Crippen molar-refractivity contribution in [1.82, 2.24) is 10.2 Å². The lowest BCUT2D eigenvalue weighted by Crippen LogP contribution is -2.08. The van der Waals surface area contributed by atoms with Gasteiger partial charge in [-0.15, -0.1) is 10.2 Å². The Kier molecular flexibility index (Phi) is 3.99. The molecule has 1 heterocycles. The van der Waals surface area contributed by atoms with Crippen molar-refractivity contribution in [1.29, 1.82) is 0 Å². The van der Waals surface area contributed by atoms with Crippen LogP contribution < -0.4 is 5.32 Å². The van der Waals surface area contributed by atoms with Gasteiger partial charge >= 0.3 is 5.97 Å². The van der Waals surface area contributed by atoms with Crippen LogP contribution in [0.5, 0.6) is 0 Å². The first-order chi connectivity index (χ1) is 9.15. The first-order valence-corrected chi connectivity index (χ1v) is 6.08. The summed E-state index contributed by atoms with van der Waals surface area (Å²) in [6, 6.07) is 9.42. The smallest absolute Gasteiger partial charge is 0.328 e. The van der Waals surface area contributed by atoms with Crippen molar-refractivity contribution in [2.45, 2.75) is 0 Å². The van der Waals surface area contributed by atoms with E-state index in [9.17, 15) is 9.59 Å². The van der Waals surface area contributed by atoms with Crippen LogP contribution in [0.1, 0.15) is 0 Å². The Bertz CT molecular complexity index is 622. The van der Waals surface area contributed by atoms with Gasteiger partial charge in [0.05, 0.1) is 0 Å². The van der Waals surface area contributed by atoms with E-state index >= 15 is 0 Å². The predicted octanol–water partition coefficient (Wildman–Crippen LogP) is 1.78. The molecule has 96 valence electrons. The maximum Gasteiger partial charge on any atom is 0.328 e. The molecule has 2 aromatic rings. The summed E-state index contributed by atoms with van der Waals surface area (Å²) >= 11 is 1.21. The predicted molar refractivity (Wildman–Crippen MR) is 70.8 cm³/mol. The van der Waals surface area contributed by atoms with E-state index in [1.807, 2.05) is 30.3 Å². The van der Waals surface area contributed by atoms with Crippen LogP contribution in [0.2, 0.25) is 0 Å². The molecule has 2 rings (SSSR count). The highest BCUT2D eigenvalue weighted by Gasteiger charge is 2.07. The second-order valence-electron chi connectivity index (χ2n) is 3.44. The molecule has 1 aromatic carbocycles. The van der Waals surface area contributed by atoms with Gasteiger partial charge in [-0.1, -0.05) is 41.7 Å². The molecule has 0 aliphatic rings. The number of rotatable bonds is 4. The Labute approximate surface area is 112 Å². The molecule has 0 atom stereocenters. The summed E-state index contributed by atoms with van der Waals surface area (Å²) in [5, 5.41) is 19.6. The molecule has 0 aliphatic carbocycles. The summed E-state index contributed by atoms with van der Waals surface area (Å²) in [6.07, 6.45) is 1.68. The molecule has 1 amide bonds. The minimum absolute atomic E-state index is 0.318. The van der Waals surface area contributed by atoms with E-state index in [4.69, 9.17) is 5.11 Å². The second-order valence-corrected chi connectivity index (χ2v) is 4.42. The van der Waals surface area contributed by atoms with Crippen molar-refractivity contribution in [2.24, 2.45) is 0 Å². The zero-order valence-corrected chi connectivity index (χ0v) is 10.4. The molecule has 7 heteroatoms. The summed E-state index contributed by atoms with van der Waals surface area (Å²) in [5.74, 6) is -1.74. The van der Waals surface area contributed by atoms with Crippen LogP contribution in [0.3, 0.4) is 0 Å². The van der Waals surface area contributed by atoms with E-state index in [0.29, 0.717) is 10.1 Å². The highest BCUT2D eigenvalue weighted by molar-refractivity contribution is 7.18. The minimum atomic E-state index is -1.18. The number of aromatic nitrogens is 2. The summed E-state index contributed by atoms with van der Waals surface area (Å²) in [7, 11) is 0. The number of amides is 1. The lowest BCUT2D eigenvalue weighted by Gasteiger charge is -1.93. The molecular formula is C12H9N3O3S. The van der Waals surface area contributed by atoms with Crippen LogP contribution in [0, 0.1) is 0 Å². The number of carboxylic acid groups (broad SMARTS) is 1. The molecule has 0 unspecified atom stereocenters. The van der Waals surface area contributed by atoms with E-state index in [1.165, 1.54) is 11.3 Å². The SMILES string of the molecule is O=C(O)/C=C\C(=O)Nc1nnc(-c2ccccc2)s1. The maximum atomic E-state index is 11.3. The number of hydrogen-bond acceptors (Lipinski definition) is 5. The van der Waals surface area contributed by atoms with Crippen molar-refractivity contribution in [3.05, 3.63) is 42.5 Å². The first kappa shape index (κ1) is 12.9. The normalized spacial score (nSPS) is 10.5. The van der Waals surface area contributed by atoms with Crippen molar-refractivity contribution < 1.29 is 14.7 Å². The molecule has 6 nitrogen and oxygen atoms in total. The molecule has 19 heavy (non-hydrogen) atoms. The van der Waals surface area contributed by atoms with Crippen LogP contribution in [-0.2, 0) is 9.59 Å². The zero-order chi connectivity index (χ0) is 13.7. The van der Waals surface area contributed by atoms with Crippen LogP contribution in [-0.4, -0.2) is 27.2 Å². The number of aliphatic carboxylic acids is 1. The quantitative estimate of drug-likeness (QED) is 0.830. The number of nitrogens with one attached hydrogen (secondary N) is 1. The van der Waals surface area contributed by atoms with Crippen LogP contribution >= 0.6 is 11.3 Å². The first-order valence-electron chi connectivity index (χ1n) is 5.26. The van der Waals surface area contributed by atoms with E-state index in [-0.39, 0.29) is 0 Å². The van der Waals surface area contributed by atoms with E-state index in [1.54, 1.807) is 0 Å². The highest BCUT2D eigenvalue weighted by Crippen LogP contribution is 2.25. The number of nitrogens with zero attached hydrogens (tertiary/aromatic N) is 2. The average molecular weight is 275 g/mol. The number of hydrogen-bond donors (Lipinski definition) is 2. The summed E-state index contributed by atoms with van der Waals surface area (Å²) < 4.78 is 0. The molecular weight excluding hydrogens is 266 g/mol. The number of anilines is 1. The molecule has 1 aromatic heterocycles. The van der Waals surface area contributed by atoms with E-state index in [0.717, 1.165) is 17.7 Å². The van der Waals surface area contributed by atoms with Gasteiger partial charge in [-0.25, -0.2) is 4.79 Å². The Hall–Kier alpha value is -2.54. The fourth-order valence-corrected chi connectivity index (χ4v) is 2.02. The Morgan fingerprint density at radius 2 is 1.89 bits per heavy atom. The van der Waals surface area contributed by atoms with Gasteiger partial charge in [0.2, 0.25) is 11.0 Å². The number of carbonyl (C=O) groups excluding carboxylic acids is 1. The van der Waals surface area contributed by atoms with Gasteiger partial charge in [0, 0.05) is 17.7 Å². The minimum Gasteiger partial charge on any atom is -0.478 e. The van der Waals surface area contributed by atoms with Crippen LogP contribution in [0.15, 0.2) is 42.5 Å². The molecule has 0 fully saturated rings. The third-order valence-corrected chi connectivity index (χ3v) is 2.94. The monoisotopic (exact) mass is 275 g/mol. The van der Waals surface area contributed by atoms with Crippen molar-refractivity contribution in [3.8, 4) is 10.6 Å². The third-order valence-electron chi connectivity index (χ3n) is 2.05. The van der Waals surface area contributed by atoms with Crippen molar-refractivity contribution >= 4 is 28.3 Å². The standard InChI is InChI=1S/C12H9N3O3S/c16-9(6-7-10(17)18)13-12-15-14-11(19-12)8-4-2-1-3-5-8/h1-7H,(H,17,18)(H,13,15,16)/b7-6-. The maximum absolute atomic E-state index is 11.3. The van der Waals surface area contributed by atoms with Gasteiger partial charge in [-0.3, -0.25) is 10.1 Å². The van der Waals surface area contributed by atoms with Crippen molar-refractivity contribution in [3.63, 3.8) is 0 Å². The topological polar surface area (TPSA) is 92.2 Å². The Morgan fingerprint density at radius 1 is 1.16 bits per heavy atom. The van der Waals surface area contributed by atoms with E-state index in [2.05, 4.69) is 15.5 Å². The lowest BCUT2D eigenvalue weighted by atomic mass is 10.2. The highest BCUT2D eigenvalue weighted by atomic mass is 32.1. The van der Waals surface area contributed by atoms with Crippen LogP contribution in [0.25, 0.3) is 10.6 Å². The molecule has 0 aliphatic heterocycles. The summed E-state index contributed by atoms with van der Waals surface area (Å²) in [4.78, 5) is 21.6. The van der Waals surface area contributed by atoms with Gasteiger partial charge in [0.15, 0.2) is 0 Å². The number of benzene rings is 1. The molecule has 2 N–H and O–H groups in total. The number of carboxylic acids is 1. The van der Waals surface area contributed by atoms with Gasteiger partial charge in [-0.2, -0.15) is 0 Å². The van der Waals surface area contributed by atoms with Gasteiger partial charge in [0.25, 0.3) is 0 Å². The van der Waals surface area contributed by atoms with Gasteiger partial charge in [0.1, 0.15) is 5.01 Å². The average Bonchev–Trinajstić information content (AvgIpc) is 2.86. The fourth-order valence-electron chi connectivity index (χ4n) is 1.27. The second kappa shape index (κ2) is 5.87. The zero-order valence-electron chi connectivity index (χ0n) is 9.61. The molecule has 0 radical (unpaired) electrons. The largest absolute Gasteiger partial charge is 0.478 e. The van der Waals surface area contributed by atoms with Gasteiger partial charge < -0.3 is 5.11 Å². The van der Waals surface area contributed by atoms with Crippen LogP contribution in [0.4, 0.5) is 5.13 Å². The summed E-state index contributed by atoms with van der Waals surface area (Å²) in [6.45, 7) is 0. The fraction of sp³-hybridized carbons (Fsp3) is 0. The molecule has 0 saturated heterocycles. The van der Waals surface area contributed by atoms with Crippen molar-refractivity contribution in [2.75, 3.05) is 5.32 Å². The lowest BCUT2D eigenvalue weighted by molar-refractivity contribution is -0.131. The number of carbonyl (C=O) groups is 2. The molecule has 0 saturated carbocycles. The molecule has 0 spiro atoms. The molecule has 0 bridgehead atoms. The Morgan fingerprint density at radius 3 is 2.58 bits per heavy atom.